The number of nitrogens with one attached hydrogen (secondary N) is 2. The predicted octanol–water partition coefficient (Wildman–Crippen LogP) is 5.68. The zero-order chi connectivity index (χ0) is 22.6. The van der Waals surface area contributed by atoms with Crippen LogP contribution in [0.15, 0.2) is 101 Å². The second-order valence-electron chi connectivity index (χ2n) is 7.34. The molecule has 0 atom stereocenters. The van der Waals surface area contributed by atoms with Gasteiger partial charge in [-0.1, -0.05) is 48.0 Å². The van der Waals surface area contributed by atoms with Gasteiger partial charge in [-0.2, -0.15) is 0 Å². The first-order chi connectivity index (χ1) is 15.4. The van der Waals surface area contributed by atoms with Crippen molar-refractivity contribution in [1.29, 1.82) is 0 Å². The average Bonchev–Trinajstić information content (AvgIpc) is 2.78. The summed E-state index contributed by atoms with van der Waals surface area (Å²) in [7, 11) is -3.64. The van der Waals surface area contributed by atoms with E-state index in [1.54, 1.807) is 48.5 Å². The van der Waals surface area contributed by atoms with E-state index in [0.717, 1.165) is 26.9 Å². The Hall–Kier alpha value is -3.29. The second kappa shape index (κ2) is 9.46. The highest BCUT2D eigenvalue weighted by Gasteiger charge is 2.14. The molecule has 0 aliphatic carbocycles. The molecule has 1 amide bonds. The zero-order valence-electron chi connectivity index (χ0n) is 17.4. The molecule has 32 heavy (non-hydrogen) atoms. The number of thioether (sulfide) groups is 1. The molecule has 2 N–H and O–H groups in total. The normalized spacial score (nSPS) is 11.3. The largest absolute Gasteiger partial charge is 0.325 e. The van der Waals surface area contributed by atoms with Gasteiger partial charge in [0.05, 0.1) is 10.6 Å². The number of carbonyl (C=O) groups excluding carboxylic acids is 1. The van der Waals surface area contributed by atoms with Gasteiger partial charge in [-0.05, 0) is 66.2 Å². The Morgan fingerprint density at radius 1 is 0.812 bits per heavy atom. The molecular weight excluding hydrogens is 440 g/mol. The van der Waals surface area contributed by atoms with Gasteiger partial charge in [-0.3, -0.25) is 9.52 Å². The molecule has 0 spiro atoms. The van der Waals surface area contributed by atoms with Crippen molar-refractivity contribution in [1.82, 2.24) is 0 Å². The third-order valence-corrected chi connectivity index (χ3v) is 7.25. The molecule has 5 nitrogen and oxygen atoms in total. The first-order valence-corrected chi connectivity index (χ1v) is 12.5. The lowest BCUT2D eigenvalue weighted by Crippen LogP contribution is -2.14. The first kappa shape index (κ1) is 21.9. The summed E-state index contributed by atoms with van der Waals surface area (Å²) in [5.41, 5.74) is 2.22. The fourth-order valence-electron chi connectivity index (χ4n) is 3.16. The number of anilines is 2. The fourth-order valence-corrected chi connectivity index (χ4v) is 4.92. The SMILES string of the molecule is Cc1ccc(S(=O)(=O)Nc2ccc(SCC(=O)Nc3ccc4ccccc4c3)cc2)cc1. The van der Waals surface area contributed by atoms with Crippen molar-refractivity contribution >= 4 is 49.8 Å². The number of sulfonamides is 1. The lowest BCUT2D eigenvalue weighted by atomic mass is 10.1. The molecule has 0 fully saturated rings. The number of hydrogen-bond acceptors (Lipinski definition) is 4. The molecule has 0 aliphatic rings. The van der Waals surface area contributed by atoms with E-state index in [-0.39, 0.29) is 16.6 Å². The van der Waals surface area contributed by atoms with E-state index < -0.39 is 10.0 Å². The summed E-state index contributed by atoms with van der Waals surface area (Å²) in [4.78, 5) is 13.4. The molecule has 4 aromatic rings. The van der Waals surface area contributed by atoms with Gasteiger partial charge >= 0.3 is 0 Å². The minimum atomic E-state index is -3.64. The van der Waals surface area contributed by atoms with Crippen LogP contribution in [0.3, 0.4) is 0 Å². The van der Waals surface area contributed by atoms with Gasteiger partial charge in [-0.15, -0.1) is 11.8 Å². The van der Waals surface area contributed by atoms with Crippen molar-refractivity contribution in [3.05, 3.63) is 96.6 Å². The van der Waals surface area contributed by atoms with Crippen LogP contribution in [0.1, 0.15) is 5.56 Å². The standard InChI is InChI=1S/C25H22N2O3S2/c1-18-6-14-24(15-7-18)32(29,30)27-21-10-12-23(13-11-21)31-17-25(28)26-22-9-8-19-4-2-3-5-20(19)16-22/h2-16,27H,17H2,1H3,(H,26,28). The van der Waals surface area contributed by atoms with Gasteiger partial charge in [0.15, 0.2) is 0 Å². The molecule has 7 heteroatoms. The predicted molar refractivity (Wildman–Crippen MR) is 132 cm³/mol. The van der Waals surface area contributed by atoms with Crippen LogP contribution in [0.25, 0.3) is 10.8 Å². The summed E-state index contributed by atoms with van der Waals surface area (Å²) in [5.74, 6) is 0.149. The van der Waals surface area contributed by atoms with Crippen LogP contribution in [-0.2, 0) is 14.8 Å². The van der Waals surface area contributed by atoms with Crippen LogP contribution in [0, 0.1) is 6.92 Å². The number of amides is 1. The quantitative estimate of drug-likeness (QED) is 0.347. The molecule has 0 saturated heterocycles. The smallest absolute Gasteiger partial charge is 0.261 e. The summed E-state index contributed by atoms with van der Waals surface area (Å²) in [5, 5.41) is 5.11. The summed E-state index contributed by atoms with van der Waals surface area (Å²) in [6.45, 7) is 1.91. The number of hydrogen-bond donors (Lipinski definition) is 2. The molecule has 162 valence electrons. The Balaban J connectivity index is 1.33. The summed E-state index contributed by atoms with van der Waals surface area (Å²) in [6, 6.07) is 27.5. The molecule has 0 unspecified atom stereocenters. The molecule has 0 saturated carbocycles. The highest BCUT2D eigenvalue weighted by atomic mass is 32.2. The topological polar surface area (TPSA) is 75.3 Å². The molecule has 0 bridgehead atoms. The van der Waals surface area contributed by atoms with Crippen LogP contribution in [-0.4, -0.2) is 20.1 Å². The molecule has 0 aliphatic heterocycles. The van der Waals surface area contributed by atoms with E-state index in [9.17, 15) is 13.2 Å². The van der Waals surface area contributed by atoms with E-state index >= 15 is 0 Å². The third-order valence-electron chi connectivity index (χ3n) is 4.84. The maximum absolute atomic E-state index is 12.5. The van der Waals surface area contributed by atoms with Crippen molar-refractivity contribution in [3.8, 4) is 0 Å². The van der Waals surface area contributed by atoms with Gasteiger partial charge in [-0.25, -0.2) is 8.42 Å². The molecule has 0 heterocycles. The van der Waals surface area contributed by atoms with Crippen LogP contribution >= 0.6 is 11.8 Å². The Morgan fingerprint density at radius 3 is 2.19 bits per heavy atom. The monoisotopic (exact) mass is 462 g/mol. The van der Waals surface area contributed by atoms with Crippen molar-refractivity contribution in [3.63, 3.8) is 0 Å². The summed E-state index contributed by atoms with van der Waals surface area (Å²) in [6.07, 6.45) is 0. The van der Waals surface area contributed by atoms with Crippen LogP contribution in [0.5, 0.6) is 0 Å². The van der Waals surface area contributed by atoms with Crippen LogP contribution in [0.4, 0.5) is 11.4 Å². The van der Waals surface area contributed by atoms with Crippen LogP contribution < -0.4 is 10.0 Å². The van der Waals surface area contributed by atoms with Crippen molar-refractivity contribution in [2.24, 2.45) is 0 Å². The fraction of sp³-hybridized carbons (Fsp3) is 0.0800. The van der Waals surface area contributed by atoms with E-state index in [0.29, 0.717) is 5.69 Å². The summed E-state index contributed by atoms with van der Waals surface area (Å²) < 4.78 is 27.6. The van der Waals surface area contributed by atoms with Gasteiger partial charge in [0.25, 0.3) is 10.0 Å². The highest BCUT2D eigenvalue weighted by Crippen LogP contribution is 2.23. The molecular formula is C25H22N2O3S2. The third kappa shape index (κ3) is 5.49. The number of benzene rings is 4. The first-order valence-electron chi connectivity index (χ1n) is 10.0. The van der Waals surface area contributed by atoms with Gasteiger partial charge in [0.2, 0.25) is 5.91 Å². The van der Waals surface area contributed by atoms with Gasteiger partial charge in [0.1, 0.15) is 0 Å². The lowest BCUT2D eigenvalue weighted by molar-refractivity contribution is -0.113. The minimum absolute atomic E-state index is 0.102. The van der Waals surface area contributed by atoms with E-state index in [4.69, 9.17) is 0 Å². The molecule has 4 aromatic carbocycles. The highest BCUT2D eigenvalue weighted by molar-refractivity contribution is 8.00. The van der Waals surface area contributed by atoms with Crippen molar-refractivity contribution < 1.29 is 13.2 Å². The zero-order valence-corrected chi connectivity index (χ0v) is 19.0. The Labute approximate surface area is 191 Å². The number of carbonyl (C=O) groups is 1. The molecule has 0 aromatic heterocycles. The maximum atomic E-state index is 12.5. The lowest BCUT2D eigenvalue weighted by Gasteiger charge is -2.09. The Kier molecular flexibility index (Phi) is 6.48. The number of rotatable bonds is 7. The Morgan fingerprint density at radius 2 is 1.47 bits per heavy atom. The minimum Gasteiger partial charge on any atom is -0.325 e. The van der Waals surface area contributed by atoms with Gasteiger partial charge in [0, 0.05) is 16.3 Å². The number of aryl methyl sites for hydroxylation is 1. The maximum Gasteiger partial charge on any atom is 0.261 e. The average molecular weight is 463 g/mol. The van der Waals surface area contributed by atoms with E-state index in [1.807, 2.05) is 49.4 Å². The van der Waals surface area contributed by atoms with Crippen molar-refractivity contribution in [2.45, 2.75) is 16.7 Å². The van der Waals surface area contributed by atoms with E-state index in [2.05, 4.69) is 10.0 Å². The summed E-state index contributed by atoms with van der Waals surface area (Å²) >= 11 is 1.39. The van der Waals surface area contributed by atoms with E-state index in [1.165, 1.54) is 11.8 Å². The second-order valence-corrected chi connectivity index (χ2v) is 10.1. The Bertz CT molecular complexity index is 1350. The van der Waals surface area contributed by atoms with Crippen LogP contribution in [0.2, 0.25) is 0 Å². The molecule has 4 rings (SSSR count). The van der Waals surface area contributed by atoms with Gasteiger partial charge < -0.3 is 5.32 Å². The molecule has 0 radical (unpaired) electrons. The number of fused-ring (bicyclic) bond motifs is 1. The van der Waals surface area contributed by atoms with Crippen molar-refractivity contribution in [2.75, 3.05) is 15.8 Å².